The van der Waals surface area contributed by atoms with Gasteiger partial charge in [0.1, 0.15) is 5.69 Å². The van der Waals surface area contributed by atoms with Crippen LogP contribution in [-0.2, 0) is 0 Å². The fraction of sp³-hybridized carbons (Fsp3) is 0.174. The predicted octanol–water partition coefficient (Wildman–Crippen LogP) is 4.96. The van der Waals surface area contributed by atoms with E-state index in [1.807, 2.05) is 24.5 Å². The third-order valence-electron chi connectivity index (χ3n) is 5.23. The smallest absolute Gasteiger partial charge is 0.151 e. The molecule has 0 aliphatic carbocycles. The van der Waals surface area contributed by atoms with Gasteiger partial charge in [-0.15, -0.1) is 10.2 Å². The summed E-state index contributed by atoms with van der Waals surface area (Å²) in [4.78, 5) is 6.49. The number of hydrogen-bond acceptors (Lipinski definition) is 4. The Kier molecular flexibility index (Phi) is 4.02. The van der Waals surface area contributed by atoms with Crippen molar-refractivity contribution in [1.29, 1.82) is 0 Å². The predicted molar refractivity (Wildman–Crippen MR) is 110 cm³/mol. The first-order chi connectivity index (χ1) is 13.4. The third kappa shape index (κ3) is 3.04. The standard InChI is InChI=1S/C23H20N4/c1-2-6-19-15-20(8-7-17(19)5-1)23-21(18-9-11-24-12-10-18)16-22(25-26-23)27-13-3-4-14-27/h1-2,5-12,15-16H,3-4,13-14H2. The highest BCUT2D eigenvalue weighted by Gasteiger charge is 2.18. The lowest BCUT2D eigenvalue weighted by Gasteiger charge is -2.18. The van der Waals surface area contributed by atoms with Crippen LogP contribution in [0.15, 0.2) is 73.1 Å². The molecule has 4 nitrogen and oxygen atoms in total. The number of benzene rings is 2. The molecule has 3 heterocycles. The van der Waals surface area contributed by atoms with Crippen molar-refractivity contribution in [3.63, 3.8) is 0 Å². The van der Waals surface area contributed by atoms with E-state index in [1.165, 1.54) is 23.6 Å². The minimum atomic E-state index is 0.912. The van der Waals surface area contributed by atoms with E-state index >= 15 is 0 Å². The fourth-order valence-electron chi connectivity index (χ4n) is 3.78. The second kappa shape index (κ2) is 6.80. The van der Waals surface area contributed by atoms with Crippen molar-refractivity contribution >= 4 is 16.6 Å². The van der Waals surface area contributed by atoms with Crippen LogP contribution in [0.5, 0.6) is 0 Å². The van der Waals surface area contributed by atoms with Crippen LogP contribution in [0.2, 0.25) is 0 Å². The molecular weight excluding hydrogens is 332 g/mol. The minimum Gasteiger partial charge on any atom is -0.355 e. The van der Waals surface area contributed by atoms with Crippen LogP contribution in [-0.4, -0.2) is 28.3 Å². The highest BCUT2D eigenvalue weighted by Crippen LogP contribution is 2.34. The van der Waals surface area contributed by atoms with Crippen molar-refractivity contribution < 1.29 is 0 Å². The lowest BCUT2D eigenvalue weighted by Crippen LogP contribution is -2.19. The Morgan fingerprint density at radius 3 is 2.30 bits per heavy atom. The Morgan fingerprint density at radius 1 is 0.704 bits per heavy atom. The van der Waals surface area contributed by atoms with Crippen molar-refractivity contribution in [2.75, 3.05) is 18.0 Å². The summed E-state index contributed by atoms with van der Waals surface area (Å²) in [6.45, 7) is 2.11. The lowest BCUT2D eigenvalue weighted by atomic mass is 9.98. The van der Waals surface area contributed by atoms with Gasteiger partial charge in [0.15, 0.2) is 5.82 Å². The zero-order valence-electron chi connectivity index (χ0n) is 15.0. The maximum atomic E-state index is 4.66. The number of anilines is 1. The fourth-order valence-corrected chi connectivity index (χ4v) is 3.78. The molecule has 1 fully saturated rings. The first-order valence-electron chi connectivity index (χ1n) is 9.41. The molecule has 0 radical (unpaired) electrons. The molecule has 1 aliphatic rings. The van der Waals surface area contributed by atoms with Crippen LogP contribution in [0.25, 0.3) is 33.2 Å². The van der Waals surface area contributed by atoms with Gasteiger partial charge < -0.3 is 4.90 Å². The highest BCUT2D eigenvalue weighted by molar-refractivity contribution is 5.90. The SMILES string of the molecule is c1ccc2cc(-c3nnc(N4CCCC4)cc3-c3ccncc3)ccc2c1. The van der Waals surface area contributed by atoms with Crippen LogP contribution >= 0.6 is 0 Å². The number of rotatable bonds is 3. The molecule has 4 heteroatoms. The summed E-state index contributed by atoms with van der Waals surface area (Å²) < 4.78 is 0. The average Bonchev–Trinajstić information content (AvgIpc) is 3.29. The van der Waals surface area contributed by atoms with Gasteiger partial charge in [-0.3, -0.25) is 4.98 Å². The molecule has 0 atom stereocenters. The molecule has 0 saturated carbocycles. The second-order valence-electron chi connectivity index (χ2n) is 6.96. The van der Waals surface area contributed by atoms with Gasteiger partial charge >= 0.3 is 0 Å². The molecule has 0 N–H and O–H groups in total. The second-order valence-corrected chi connectivity index (χ2v) is 6.96. The van der Waals surface area contributed by atoms with E-state index in [-0.39, 0.29) is 0 Å². The van der Waals surface area contributed by atoms with E-state index in [2.05, 4.69) is 68.6 Å². The van der Waals surface area contributed by atoms with Gasteiger partial charge in [0, 0.05) is 36.6 Å². The van der Waals surface area contributed by atoms with E-state index in [9.17, 15) is 0 Å². The Hall–Kier alpha value is -3.27. The first kappa shape index (κ1) is 15.9. The molecule has 1 aliphatic heterocycles. The van der Waals surface area contributed by atoms with E-state index in [1.54, 1.807) is 0 Å². The molecule has 0 spiro atoms. The largest absolute Gasteiger partial charge is 0.355 e. The lowest BCUT2D eigenvalue weighted by molar-refractivity contribution is 0.897. The molecule has 5 rings (SSSR count). The summed E-state index contributed by atoms with van der Waals surface area (Å²) in [5.41, 5.74) is 4.21. The van der Waals surface area contributed by atoms with Gasteiger partial charge in [0.25, 0.3) is 0 Å². The van der Waals surface area contributed by atoms with Gasteiger partial charge in [-0.1, -0.05) is 36.4 Å². The molecule has 4 aromatic rings. The number of aromatic nitrogens is 3. The number of pyridine rings is 1. The minimum absolute atomic E-state index is 0.912. The van der Waals surface area contributed by atoms with Gasteiger partial charge in [-0.25, -0.2) is 0 Å². The Morgan fingerprint density at radius 2 is 1.48 bits per heavy atom. The number of hydrogen-bond donors (Lipinski definition) is 0. The van der Waals surface area contributed by atoms with Crippen molar-refractivity contribution in [1.82, 2.24) is 15.2 Å². The van der Waals surface area contributed by atoms with Crippen molar-refractivity contribution in [2.24, 2.45) is 0 Å². The van der Waals surface area contributed by atoms with Crippen LogP contribution in [0.1, 0.15) is 12.8 Å². The van der Waals surface area contributed by atoms with Gasteiger partial charge in [0.05, 0.1) is 0 Å². The number of fused-ring (bicyclic) bond motifs is 1. The maximum absolute atomic E-state index is 4.66. The van der Waals surface area contributed by atoms with Crippen LogP contribution in [0.4, 0.5) is 5.82 Å². The quantitative estimate of drug-likeness (QED) is 0.523. The summed E-state index contributed by atoms with van der Waals surface area (Å²) in [5, 5.41) is 11.7. The Balaban J connectivity index is 1.67. The van der Waals surface area contributed by atoms with E-state index in [4.69, 9.17) is 0 Å². The zero-order chi connectivity index (χ0) is 18.1. The van der Waals surface area contributed by atoms with Crippen molar-refractivity contribution in [2.45, 2.75) is 12.8 Å². The number of nitrogens with zero attached hydrogens (tertiary/aromatic N) is 4. The molecule has 1 saturated heterocycles. The zero-order valence-corrected chi connectivity index (χ0v) is 15.0. The van der Waals surface area contributed by atoms with E-state index in [0.717, 1.165) is 41.3 Å². The van der Waals surface area contributed by atoms with E-state index < -0.39 is 0 Å². The summed E-state index contributed by atoms with van der Waals surface area (Å²) in [6.07, 6.45) is 6.10. The average molecular weight is 352 g/mol. The monoisotopic (exact) mass is 352 g/mol. The van der Waals surface area contributed by atoms with E-state index in [0.29, 0.717) is 0 Å². The normalized spacial score (nSPS) is 14.0. The first-order valence-corrected chi connectivity index (χ1v) is 9.41. The Labute approximate surface area is 158 Å². The van der Waals surface area contributed by atoms with Crippen LogP contribution < -0.4 is 4.90 Å². The molecule has 132 valence electrons. The maximum Gasteiger partial charge on any atom is 0.151 e. The molecule has 0 amide bonds. The van der Waals surface area contributed by atoms with Gasteiger partial charge in [-0.2, -0.15) is 0 Å². The summed E-state index contributed by atoms with van der Waals surface area (Å²) >= 11 is 0. The van der Waals surface area contributed by atoms with Crippen LogP contribution in [0, 0.1) is 0 Å². The molecule has 2 aromatic carbocycles. The molecule has 0 unspecified atom stereocenters. The molecule has 2 aromatic heterocycles. The molecule has 0 bridgehead atoms. The highest BCUT2D eigenvalue weighted by atomic mass is 15.3. The van der Waals surface area contributed by atoms with Crippen molar-refractivity contribution in [3.05, 3.63) is 73.1 Å². The summed E-state index contributed by atoms with van der Waals surface area (Å²) in [6, 6.07) is 21.1. The topological polar surface area (TPSA) is 41.9 Å². The summed E-state index contributed by atoms with van der Waals surface area (Å²) in [7, 11) is 0. The van der Waals surface area contributed by atoms with Crippen molar-refractivity contribution in [3.8, 4) is 22.4 Å². The third-order valence-corrected chi connectivity index (χ3v) is 5.23. The van der Waals surface area contributed by atoms with Gasteiger partial charge in [0.2, 0.25) is 0 Å². The molecular formula is C23H20N4. The summed E-state index contributed by atoms with van der Waals surface area (Å²) in [5.74, 6) is 0.962. The molecule has 27 heavy (non-hydrogen) atoms. The Bertz CT molecular complexity index is 1090. The van der Waals surface area contributed by atoms with Gasteiger partial charge in [-0.05, 0) is 53.4 Å². The van der Waals surface area contributed by atoms with Crippen LogP contribution in [0.3, 0.4) is 0 Å².